The van der Waals surface area contributed by atoms with Gasteiger partial charge in [0.1, 0.15) is 0 Å². The minimum Gasteiger partial charge on any atom is -0.481 e. The van der Waals surface area contributed by atoms with Gasteiger partial charge in [0.25, 0.3) is 0 Å². The summed E-state index contributed by atoms with van der Waals surface area (Å²) in [5.41, 5.74) is 0. The van der Waals surface area contributed by atoms with Gasteiger partial charge >= 0.3 is 5.97 Å². The summed E-state index contributed by atoms with van der Waals surface area (Å²) in [4.78, 5) is 9.99. The molecule has 0 aromatic carbocycles. The smallest absolute Gasteiger partial charge is 0.306 e. The van der Waals surface area contributed by atoms with E-state index >= 15 is 0 Å². The van der Waals surface area contributed by atoms with E-state index in [0.717, 1.165) is 6.21 Å². The maximum Gasteiger partial charge on any atom is 0.306 e. The van der Waals surface area contributed by atoms with Crippen LogP contribution in [0.3, 0.4) is 0 Å². The molecule has 9 heavy (non-hydrogen) atoms. The predicted octanol–water partition coefficient (Wildman–Crippen LogP) is 1.17. The fraction of sp³-hybridized carbons (Fsp3) is 0.600. The lowest BCUT2D eigenvalue weighted by atomic mass is 10.1. The Hall–Kier alpha value is -0.570. The molecule has 0 saturated heterocycles. The molecular formula is C5H10ClNO2. The molecule has 4 heteroatoms. The molecule has 0 bridgehead atoms. The van der Waals surface area contributed by atoms with Crippen LogP contribution >= 0.6 is 12.4 Å². The van der Waals surface area contributed by atoms with Crippen molar-refractivity contribution in [2.75, 3.05) is 0 Å². The van der Waals surface area contributed by atoms with Crippen LogP contribution in [-0.4, -0.2) is 17.3 Å². The first-order valence-corrected chi connectivity index (χ1v) is 2.40. The van der Waals surface area contributed by atoms with E-state index in [9.17, 15) is 4.79 Å². The fourth-order valence-corrected chi connectivity index (χ4v) is 0.278. The first-order chi connectivity index (χ1) is 3.68. The van der Waals surface area contributed by atoms with E-state index in [1.165, 1.54) is 0 Å². The molecule has 0 aliphatic rings. The highest BCUT2D eigenvalue weighted by Gasteiger charge is 2.06. The second-order valence-corrected chi connectivity index (χ2v) is 1.68. The van der Waals surface area contributed by atoms with Gasteiger partial charge < -0.3 is 10.5 Å². The first-order valence-electron chi connectivity index (χ1n) is 2.40. The van der Waals surface area contributed by atoms with Gasteiger partial charge in [0.05, 0.1) is 5.92 Å². The van der Waals surface area contributed by atoms with Crippen LogP contribution in [0.25, 0.3) is 0 Å². The van der Waals surface area contributed by atoms with Gasteiger partial charge in [0.2, 0.25) is 0 Å². The maximum absolute atomic E-state index is 9.99. The highest BCUT2D eigenvalue weighted by molar-refractivity contribution is 5.85. The number of aliphatic carboxylic acids is 1. The molecule has 1 unspecified atom stereocenters. The highest BCUT2D eigenvalue weighted by Crippen LogP contribution is 1.96. The van der Waals surface area contributed by atoms with Gasteiger partial charge in [-0.3, -0.25) is 4.79 Å². The van der Waals surface area contributed by atoms with Gasteiger partial charge in [-0.1, -0.05) is 6.92 Å². The number of hydrogen-bond acceptors (Lipinski definition) is 2. The SMILES string of the molecule is CC(CC=N)C(=O)O.Cl. The van der Waals surface area contributed by atoms with E-state index in [1.807, 2.05) is 0 Å². The van der Waals surface area contributed by atoms with Crippen LogP contribution in [-0.2, 0) is 4.79 Å². The van der Waals surface area contributed by atoms with E-state index in [1.54, 1.807) is 6.92 Å². The molecule has 0 fully saturated rings. The summed E-state index contributed by atoms with van der Waals surface area (Å²) in [7, 11) is 0. The molecule has 0 aliphatic heterocycles. The predicted molar refractivity (Wildman–Crippen MR) is 37.4 cm³/mol. The quantitative estimate of drug-likeness (QED) is 0.595. The number of hydrogen-bond donors (Lipinski definition) is 2. The second kappa shape index (κ2) is 5.56. The number of halogens is 1. The Kier molecular flexibility index (Phi) is 6.96. The molecule has 3 nitrogen and oxygen atoms in total. The minimum atomic E-state index is -0.839. The average Bonchev–Trinajstić information content (AvgIpc) is 1.67. The van der Waals surface area contributed by atoms with Crippen molar-refractivity contribution in [3.8, 4) is 0 Å². The molecule has 0 rings (SSSR count). The van der Waals surface area contributed by atoms with Crippen molar-refractivity contribution < 1.29 is 9.90 Å². The van der Waals surface area contributed by atoms with Gasteiger partial charge in [-0.2, -0.15) is 0 Å². The highest BCUT2D eigenvalue weighted by atomic mass is 35.5. The molecule has 0 aliphatic carbocycles. The Labute approximate surface area is 60.0 Å². The summed E-state index contributed by atoms with van der Waals surface area (Å²) < 4.78 is 0. The van der Waals surface area contributed by atoms with Crippen LogP contribution in [0.15, 0.2) is 0 Å². The summed E-state index contributed by atoms with van der Waals surface area (Å²) in [5, 5.41) is 14.7. The minimum absolute atomic E-state index is 0. The van der Waals surface area contributed by atoms with Crippen molar-refractivity contribution in [1.29, 1.82) is 5.41 Å². The van der Waals surface area contributed by atoms with Crippen molar-refractivity contribution in [3.05, 3.63) is 0 Å². The van der Waals surface area contributed by atoms with E-state index in [0.29, 0.717) is 6.42 Å². The number of carboxylic acids is 1. The zero-order valence-corrected chi connectivity index (χ0v) is 5.94. The van der Waals surface area contributed by atoms with Crippen LogP contribution in [0.5, 0.6) is 0 Å². The third-order valence-electron chi connectivity index (χ3n) is 0.893. The fourth-order valence-electron chi connectivity index (χ4n) is 0.278. The zero-order valence-electron chi connectivity index (χ0n) is 5.13. The van der Waals surface area contributed by atoms with E-state index in [4.69, 9.17) is 10.5 Å². The first kappa shape index (κ1) is 11.3. The topological polar surface area (TPSA) is 61.2 Å². The molecule has 0 spiro atoms. The van der Waals surface area contributed by atoms with Crippen LogP contribution in [0.2, 0.25) is 0 Å². The van der Waals surface area contributed by atoms with E-state index < -0.39 is 11.9 Å². The Morgan fingerprint density at radius 3 is 2.44 bits per heavy atom. The van der Waals surface area contributed by atoms with Gasteiger partial charge in [-0.15, -0.1) is 12.4 Å². The number of nitrogens with one attached hydrogen (secondary N) is 1. The van der Waals surface area contributed by atoms with Crippen molar-refractivity contribution >= 4 is 24.6 Å². The maximum atomic E-state index is 9.99. The summed E-state index contributed by atoms with van der Waals surface area (Å²) in [6, 6.07) is 0. The van der Waals surface area contributed by atoms with Crippen molar-refractivity contribution in [3.63, 3.8) is 0 Å². The Morgan fingerprint density at radius 1 is 1.89 bits per heavy atom. The summed E-state index contributed by atoms with van der Waals surface area (Å²) in [6.07, 6.45) is 1.44. The monoisotopic (exact) mass is 151 g/mol. The lowest BCUT2D eigenvalue weighted by Gasteiger charge is -1.96. The third kappa shape index (κ3) is 5.30. The molecule has 54 valence electrons. The van der Waals surface area contributed by atoms with Crippen molar-refractivity contribution in [2.45, 2.75) is 13.3 Å². The molecule has 0 aromatic heterocycles. The Bertz CT molecular complexity index is 105. The zero-order chi connectivity index (χ0) is 6.57. The van der Waals surface area contributed by atoms with Crippen LogP contribution in [0, 0.1) is 11.3 Å². The molecule has 2 N–H and O–H groups in total. The second-order valence-electron chi connectivity index (χ2n) is 1.68. The summed E-state index contributed by atoms with van der Waals surface area (Å²) in [5.74, 6) is -1.25. The standard InChI is InChI=1S/C5H9NO2.ClH/c1-4(2-3-6)5(7)8;/h3-4,6H,2H2,1H3,(H,7,8);1H. The van der Waals surface area contributed by atoms with Crippen LogP contribution in [0.4, 0.5) is 0 Å². The van der Waals surface area contributed by atoms with Crippen molar-refractivity contribution in [1.82, 2.24) is 0 Å². The Balaban J connectivity index is 0. The van der Waals surface area contributed by atoms with E-state index in [2.05, 4.69) is 0 Å². The number of carboxylic acid groups (broad SMARTS) is 1. The third-order valence-corrected chi connectivity index (χ3v) is 0.893. The summed E-state index contributed by atoms with van der Waals surface area (Å²) >= 11 is 0. The molecule has 0 heterocycles. The van der Waals surface area contributed by atoms with Crippen LogP contribution < -0.4 is 0 Å². The number of carbonyl (C=O) groups is 1. The van der Waals surface area contributed by atoms with Gasteiger partial charge in [-0.25, -0.2) is 0 Å². The number of rotatable bonds is 3. The molecule has 0 radical (unpaired) electrons. The Morgan fingerprint density at radius 2 is 2.33 bits per heavy atom. The van der Waals surface area contributed by atoms with E-state index in [-0.39, 0.29) is 12.4 Å². The molecule has 0 amide bonds. The largest absolute Gasteiger partial charge is 0.481 e. The van der Waals surface area contributed by atoms with Crippen LogP contribution in [0.1, 0.15) is 13.3 Å². The normalized spacial score (nSPS) is 11.2. The van der Waals surface area contributed by atoms with Gasteiger partial charge in [-0.05, 0) is 12.6 Å². The molecule has 1 atom stereocenters. The molecule has 0 saturated carbocycles. The summed E-state index contributed by atoms with van der Waals surface area (Å²) in [6.45, 7) is 1.58. The average molecular weight is 152 g/mol. The van der Waals surface area contributed by atoms with Gasteiger partial charge in [0, 0.05) is 0 Å². The van der Waals surface area contributed by atoms with Gasteiger partial charge in [0.15, 0.2) is 0 Å². The van der Waals surface area contributed by atoms with Crippen molar-refractivity contribution in [2.24, 2.45) is 5.92 Å². The lowest BCUT2D eigenvalue weighted by Crippen LogP contribution is -2.08. The molecular weight excluding hydrogens is 142 g/mol. The lowest BCUT2D eigenvalue weighted by molar-refractivity contribution is -0.140. The molecule has 0 aromatic rings.